The molecule has 2 fully saturated rings. The van der Waals surface area contributed by atoms with Gasteiger partial charge < -0.3 is 15.4 Å². The van der Waals surface area contributed by atoms with E-state index in [9.17, 15) is 4.79 Å². The minimum absolute atomic E-state index is 0. The number of hydrogen-bond donors (Lipinski definition) is 1. The monoisotopic (exact) mass is 234 g/mol. The Bertz CT molecular complexity index is 225. The Morgan fingerprint density at radius 1 is 1.27 bits per heavy atom. The molecule has 1 saturated heterocycles. The van der Waals surface area contributed by atoms with Gasteiger partial charge in [-0.1, -0.05) is 12.8 Å². The molecule has 2 N–H and O–H groups in total. The fourth-order valence-corrected chi connectivity index (χ4v) is 2.40. The summed E-state index contributed by atoms with van der Waals surface area (Å²) in [6.45, 7) is 1.38. The maximum Gasteiger partial charge on any atom is 0.410 e. The molecule has 0 radical (unpaired) electrons. The quantitative estimate of drug-likeness (QED) is 0.749. The number of carbonyl (C=O) groups is 1. The third kappa shape index (κ3) is 2.75. The smallest absolute Gasteiger partial charge is 0.410 e. The van der Waals surface area contributed by atoms with Crippen molar-refractivity contribution in [2.45, 2.75) is 44.2 Å². The average Bonchev–Trinajstić information content (AvgIpc) is 2.20. The van der Waals surface area contributed by atoms with Crippen LogP contribution in [0.2, 0.25) is 0 Å². The van der Waals surface area contributed by atoms with E-state index >= 15 is 0 Å². The second-order valence-electron chi connectivity index (χ2n) is 4.18. The Morgan fingerprint density at radius 2 is 2.00 bits per heavy atom. The van der Waals surface area contributed by atoms with E-state index in [4.69, 9.17) is 10.5 Å². The zero-order valence-electron chi connectivity index (χ0n) is 8.85. The predicted molar refractivity (Wildman–Crippen MR) is 60.2 cm³/mol. The number of hydrogen-bond acceptors (Lipinski definition) is 3. The lowest BCUT2D eigenvalue weighted by atomic mass is 9.90. The topological polar surface area (TPSA) is 55.6 Å². The number of nitrogens with two attached hydrogens (primary N) is 1. The van der Waals surface area contributed by atoms with Crippen LogP contribution in [0.3, 0.4) is 0 Å². The highest BCUT2D eigenvalue weighted by molar-refractivity contribution is 5.85. The van der Waals surface area contributed by atoms with E-state index in [1.54, 1.807) is 0 Å². The minimum Gasteiger partial charge on any atom is -0.449 e. The normalized spacial score (nSPS) is 31.8. The molecule has 2 rings (SSSR count). The number of ether oxygens (including phenoxy) is 1. The maximum absolute atomic E-state index is 11.5. The summed E-state index contributed by atoms with van der Waals surface area (Å²) in [5.41, 5.74) is 6.02. The predicted octanol–water partition coefficient (Wildman–Crippen LogP) is 1.52. The van der Waals surface area contributed by atoms with Crippen molar-refractivity contribution in [3.05, 3.63) is 0 Å². The molecular formula is C10H19ClN2O2. The zero-order valence-corrected chi connectivity index (χ0v) is 9.67. The van der Waals surface area contributed by atoms with Crippen LogP contribution >= 0.6 is 12.4 Å². The van der Waals surface area contributed by atoms with Gasteiger partial charge in [0.15, 0.2) is 0 Å². The molecule has 4 nitrogen and oxygen atoms in total. The largest absolute Gasteiger partial charge is 0.449 e. The summed E-state index contributed by atoms with van der Waals surface area (Å²) in [4.78, 5) is 13.3. The summed E-state index contributed by atoms with van der Waals surface area (Å²) in [6, 6.07) is 0.367. The van der Waals surface area contributed by atoms with E-state index in [0.29, 0.717) is 6.61 Å². The number of cyclic esters (lactones) is 1. The van der Waals surface area contributed by atoms with Crippen LogP contribution in [0.15, 0.2) is 0 Å². The van der Waals surface area contributed by atoms with Gasteiger partial charge in [-0.05, 0) is 19.3 Å². The van der Waals surface area contributed by atoms with Crippen molar-refractivity contribution in [1.82, 2.24) is 4.90 Å². The second kappa shape index (κ2) is 5.56. The van der Waals surface area contributed by atoms with Crippen LogP contribution in [0.25, 0.3) is 0 Å². The minimum atomic E-state index is -0.168. The van der Waals surface area contributed by atoms with Gasteiger partial charge in [-0.2, -0.15) is 0 Å². The maximum atomic E-state index is 11.5. The van der Waals surface area contributed by atoms with Gasteiger partial charge in [0.05, 0.1) is 12.6 Å². The first-order chi connectivity index (χ1) is 6.79. The van der Waals surface area contributed by atoms with Crippen LogP contribution in [-0.4, -0.2) is 36.2 Å². The van der Waals surface area contributed by atoms with Crippen molar-refractivity contribution >= 4 is 18.5 Å². The van der Waals surface area contributed by atoms with Crippen LogP contribution in [0.1, 0.15) is 32.1 Å². The molecule has 0 aromatic heterocycles. The Balaban J connectivity index is 0.00000112. The number of nitrogens with zero attached hydrogens (tertiary/aromatic N) is 1. The van der Waals surface area contributed by atoms with E-state index in [1.165, 1.54) is 12.8 Å². The van der Waals surface area contributed by atoms with Crippen LogP contribution < -0.4 is 5.73 Å². The number of carbonyl (C=O) groups excluding carboxylic acids is 1. The van der Waals surface area contributed by atoms with Gasteiger partial charge in [0.2, 0.25) is 0 Å². The molecule has 2 aliphatic rings. The molecule has 1 aliphatic carbocycles. The van der Waals surface area contributed by atoms with E-state index < -0.39 is 0 Å². The van der Waals surface area contributed by atoms with E-state index in [0.717, 1.165) is 25.8 Å². The van der Waals surface area contributed by atoms with Crippen molar-refractivity contribution in [3.63, 3.8) is 0 Å². The Kier molecular flexibility index (Phi) is 4.67. The number of rotatable bonds is 1. The first-order valence-corrected chi connectivity index (χ1v) is 5.48. The number of amides is 1. The van der Waals surface area contributed by atoms with Crippen LogP contribution in [0, 0.1) is 0 Å². The lowest BCUT2D eigenvalue weighted by molar-refractivity contribution is 0.0420. The van der Waals surface area contributed by atoms with Crippen LogP contribution in [0.4, 0.5) is 4.79 Å². The second-order valence-corrected chi connectivity index (χ2v) is 4.18. The zero-order chi connectivity index (χ0) is 9.97. The van der Waals surface area contributed by atoms with E-state index in [2.05, 4.69) is 0 Å². The molecule has 1 heterocycles. The first-order valence-electron chi connectivity index (χ1n) is 5.48. The highest BCUT2D eigenvalue weighted by Gasteiger charge is 2.33. The molecule has 15 heavy (non-hydrogen) atoms. The molecule has 0 unspecified atom stereocenters. The Hall–Kier alpha value is -0.480. The van der Waals surface area contributed by atoms with Crippen molar-refractivity contribution in [2.75, 3.05) is 13.2 Å². The molecule has 0 bridgehead atoms. The van der Waals surface area contributed by atoms with Crippen LogP contribution in [-0.2, 0) is 4.74 Å². The standard InChI is InChI=1S/C10H18N2O2.ClH/c11-8-4-1-2-5-9(8)12-6-3-7-14-10(12)13;/h8-9H,1-7,11H2;1H/t8-,9-;/m1./s1. The fourth-order valence-electron chi connectivity index (χ4n) is 2.40. The molecule has 2 atom stereocenters. The lowest BCUT2D eigenvalue weighted by Crippen LogP contribution is -2.54. The summed E-state index contributed by atoms with van der Waals surface area (Å²) in [6.07, 6.45) is 5.22. The highest BCUT2D eigenvalue weighted by Crippen LogP contribution is 2.23. The van der Waals surface area contributed by atoms with E-state index in [-0.39, 0.29) is 30.6 Å². The third-order valence-corrected chi connectivity index (χ3v) is 3.19. The molecule has 1 saturated carbocycles. The molecule has 88 valence electrons. The summed E-state index contributed by atoms with van der Waals surface area (Å²) in [5.74, 6) is 0. The van der Waals surface area contributed by atoms with Gasteiger partial charge in [0.1, 0.15) is 0 Å². The molecule has 0 aromatic rings. The Morgan fingerprint density at radius 3 is 2.67 bits per heavy atom. The summed E-state index contributed by atoms with van der Waals surface area (Å²) in [5, 5.41) is 0. The average molecular weight is 235 g/mol. The number of halogens is 1. The van der Waals surface area contributed by atoms with Crippen molar-refractivity contribution in [3.8, 4) is 0 Å². The van der Waals surface area contributed by atoms with Gasteiger partial charge in [-0.25, -0.2) is 4.79 Å². The lowest BCUT2D eigenvalue weighted by Gasteiger charge is -2.39. The van der Waals surface area contributed by atoms with Gasteiger partial charge in [0, 0.05) is 12.6 Å². The van der Waals surface area contributed by atoms with Gasteiger partial charge in [0.25, 0.3) is 0 Å². The molecule has 1 amide bonds. The molecular weight excluding hydrogens is 216 g/mol. The van der Waals surface area contributed by atoms with E-state index in [1.807, 2.05) is 4.90 Å². The molecule has 0 spiro atoms. The molecule has 1 aliphatic heterocycles. The van der Waals surface area contributed by atoms with Gasteiger partial charge in [-0.15, -0.1) is 12.4 Å². The van der Waals surface area contributed by atoms with Crippen LogP contribution in [0.5, 0.6) is 0 Å². The third-order valence-electron chi connectivity index (χ3n) is 3.19. The van der Waals surface area contributed by atoms with Gasteiger partial charge in [-0.3, -0.25) is 0 Å². The highest BCUT2D eigenvalue weighted by atomic mass is 35.5. The Labute approximate surface area is 96.5 Å². The molecule has 0 aromatic carbocycles. The van der Waals surface area contributed by atoms with Crippen molar-refractivity contribution in [2.24, 2.45) is 5.73 Å². The summed E-state index contributed by atoms with van der Waals surface area (Å²) < 4.78 is 5.02. The molecule has 5 heteroatoms. The summed E-state index contributed by atoms with van der Waals surface area (Å²) in [7, 11) is 0. The van der Waals surface area contributed by atoms with Crippen molar-refractivity contribution in [1.29, 1.82) is 0 Å². The summed E-state index contributed by atoms with van der Waals surface area (Å²) >= 11 is 0. The SMILES string of the molecule is Cl.N[C@@H]1CCCC[C@H]1N1CCCOC1=O. The van der Waals surface area contributed by atoms with Crippen molar-refractivity contribution < 1.29 is 9.53 Å². The fraction of sp³-hybridized carbons (Fsp3) is 0.900. The van der Waals surface area contributed by atoms with Gasteiger partial charge >= 0.3 is 6.09 Å². The first kappa shape index (κ1) is 12.6.